The fourth-order valence-corrected chi connectivity index (χ4v) is 4.18. The maximum Gasteiger partial charge on any atom is 0.262 e. The number of rotatable bonds is 6. The lowest BCUT2D eigenvalue weighted by Crippen LogP contribution is -2.22. The monoisotopic (exact) mass is 434 g/mol. The molecule has 2 aromatic heterocycles. The van der Waals surface area contributed by atoms with E-state index in [9.17, 15) is 4.79 Å². The summed E-state index contributed by atoms with van der Waals surface area (Å²) in [6.45, 7) is 6.23. The van der Waals surface area contributed by atoms with Gasteiger partial charge in [-0.25, -0.2) is 4.98 Å². The summed E-state index contributed by atoms with van der Waals surface area (Å²) in [6, 6.07) is 11.3. The minimum atomic E-state index is -0.170. The van der Waals surface area contributed by atoms with Crippen LogP contribution in [-0.4, -0.2) is 26.5 Å². The second kappa shape index (κ2) is 7.92. The van der Waals surface area contributed by atoms with Gasteiger partial charge in [0.15, 0.2) is 16.7 Å². The number of aryl methyl sites for hydroxylation is 1. The Labute approximate surface area is 181 Å². The molecule has 156 valence electrons. The van der Waals surface area contributed by atoms with Gasteiger partial charge in [-0.05, 0) is 19.1 Å². The van der Waals surface area contributed by atoms with Gasteiger partial charge in [0.25, 0.3) is 5.56 Å². The molecule has 0 atom stereocenters. The molecule has 0 aliphatic carbocycles. The Bertz CT molecular complexity index is 1360. The van der Waals surface area contributed by atoms with Gasteiger partial charge in [-0.1, -0.05) is 46.8 Å². The number of nitrogens with zero attached hydrogens (tertiary/aromatic N) is 4. The number of fused-ring (bicyclic) bond motifs is 2. The summed E-state index contributed by atoms with van der Waals surface area (Å²) < 4.78 is 17.8. The third-order valence-electron chi connectivity index (χ3n) is 4.79. The second-order valence-corrected chi connectivity index (χ2v) is 7.93. The summed E-state index contributed by atoms with van der Waals surface area (Å²) in [5.41, 5.74) is 2.39. The molecular formula is C22H18N4O4S. The summed E-state index contributed by atoms with van der Waals surface area (Å²) in [7, 11) is 0. The predicted molar refractivity (Wildman–Crippen MR) is 116 cm³/mol. The summed E-state index contributed by atoms with van der Waals surface area (Å²) in [5.74, 6) is 2.48. The molecule has 0 saturated heterocycles. The Morgan fingerprint density at radius 3 is 2.84 bits per heavy atom. The zero-order valence-electron chi connectivity index (χ0n) is 16.7. The normalized spacial score (nSPS) is 12.4. The number of hydrogen-bond donors (Lipinski definition) is 0. The highest BCUT2D eigenvalue weighted by molar-refractivity contribution is 7.98. The zero-order valence-corrected chi connectivity index (χ0v) is 17.5. The molecule has 4 aromatic rings. The molecule has 31 heavy (non-hydrogen) atoms. The molecule has 8 nitrogen and oxygen atoms in total. The number of hydrogen-bond acceptors (Lipinski definition) is 8. The maximum atomic E-state index is 13.1. The van der Waals surface area contributed by atoms with Crippen molar-refractivity contribution >= 4 is 22.7 Å². The van der Waals surface area contributed by atoms with Crippen LogP contribution in [-0.2, 0) is 12.3 Å². The molecule has 0 saturated carbocycles. The Balaban J connectivity index is 1.46. The van der Waals surface area contributed by atoms with Gasteiger partial charge in [0.1, 0.15) is 0 Å². The van der Waals surface area contributed by atoms with Crippen molar-refractivity contribution in [3.8, 4) is 22.9 Å². The zero-order chi connectivity index (χ0) is 21.4. The van der Waals surface area contributed by atoms with E-state index in [2.05, 4.69) is 21.7 Å². The van der Waals surface area contributed by atoms with E-state index in [0.717, 1.165) is 11.1 Å². The van der Waals surface area contributed by atoms with Crippen molar-refractivity contribution in [2.75, 3.05) is 6.79 Å². The third kappa shape index (κ3) is 3.68. The van der Waals surface area contributed by atoms with E-state index in [1.807, 2.05) is 31.2 Å². The number of allylic oxidation sites excluding steroid dienone is 1. The lowest BCUT2D eigenvalue weighted by molar-refractivity contribution is 0.174. The summed E-state index contributed by atoms with van der Waals surface area (Å²) >= 11 is 1.35. The Morgan fingerprint density at radius 2 is 2.03 bits per heavy atom. The van der Waals surface area contributed by atoms with E-state index in [4.69, 9.17) is 14.0 Å². The number of ether oxygens (including phenoxy) is 2. The van der Waals surface area contributed by atoms with E-state index in [-0.39, 0.29) is 12.4 Å². The molecule has 0 fully saturated rings. The Hall–Kier alpha value is -3.59. The molecule has 0 N–H and O–H groups in total. The molecule has 1 aliphatic heterocycles. The van der Waals surface area contributed by atoms with Crippen molar-refractivity contribution in [1.82, 2.24) is 19.7 Å². The maximum absolute atomic E-state index is 13.1. The van der Waals surface area contributed by atoms with Crippen molar-refractivity contribution in [2.45, 2.75) is 24.4 Å². The lowest BCUT2D eigenvalue weighted by atomic mass is 10.1. The van der Waals surface area contributed by atoms with Crippen LogP contribution >= 0.6 is 11.8 Å². The van der Waals surface area contributed by atoms with Crippen LogP contribution in [0.2, 0.25) is 0 Å². The van der Waals surface area contributed by atoms with E-state index in [0.29, 0.717) is 51.6 Å². The summed E-state index contributed by atoms with van der Waals surface area (Å²) in [4.78, 5) is 22.2. The quantitative estimate of drug-likeness (QED) is 0.256. The standard InChI is InChI=1S/C22H18N4O4S/c1-3-7-26-21(27)15-9-17-18(29-12-28-17)10-16(15)23-22(26)31-11-19-24-20(25-30-19)14-6-4-5-13(2)8-14/h3-6,8-10H,1,7,11-12H2,2H3. The molecule has 1 aliphatic rings. The predicted octanol–water partition coefficient (Wildman–Crippen LogP) is 3.96. The van der Waals surface area contributed by atoms with Gasteiger partial charge < -0.3 is 14.0 Å². The fourth-order valence-electron chi connectivity index (χ4n) is 3.33. The van der Waals surface area contributed by atoms with Crippen molar-refractivity contribution in [1.29, 1.82) is 0 Å². The largest absolute Gasteiger partial charge is 0.454 e. The first-order valence-electron chi connectivity index (χ1n) is 9.60. The smallest absolute Gasteiger partial charge is 0.262 e. The van der Waals surface area contributed by atoms with Gasteiger partial charge in [-0.15, -0.1) is 6.58 Å². The van der Waals surface area contributed by atoms with E-state index < -0.39 is 0 Å². The average Bonchev–Trinajstić information content (AvgIpc) is 3.42. The molecule has 0 unspecified atom stereocenters. The summed E-state index contributed by atoms with van der Waals surface area (Å²) in [6.07, 6.45) is 1.66. The highest BCUT2D eigenvalue weighted by atomic mass is 32.2. The van der Waals surface area contributed by atoms with Crippen molar-refractivity contribution in [3.63, 3.8) is 0 Å². The SMILES string of the molecule is C=CCn1c(SCc2nc(-c3cccc(C)c3)no2)nc2cc3c(cc2c1=O)OCO3. The minimum absolute atomic E-state index is 0.133. The van der Waals surface area contributed by atoms with Crippen molar-refractivity contribution in [2.24, 2.45) is 0 Å². The van der Waals surface area contributed by atoms with Crippen LogP contribution in [0, 0.1) is 6.92 Å². The van der Waals surface area contributed by atoms with Gasteiger partial charge >= 0.3 is 0 Å². The van der Waals surface area contributed by atoms with Gasteiger partial charge in [-0.3, -0.25) is 9.36 Å². The highest BCUT2D eigenvalue weighted by Crippen LogP contribution is 2.35. The van der Waals surface area contributed by atoms with Crippen LogP contribution in [0.25, 0.3) is 22.3 Å². The molecule has 0 amide bonds. The lowest BCUT2D eigenvalue weighted by Gasteiger charge is -2.11. The van der Waals surface area contributed by atoms with E-state index in [1.54, 1.807) is 22.8 Å². The summed E-state index contributed by atoms with van der Waals surface area (Å²) in [5, 5.41) is 5.07. The van der Waals surface area contributed by atoms with Crippen LogP contribution in [0.15, 0.2) is 63.5 Å². The highest BCUT2D eigenvalue weighted by Gasteiger charge is 2.19. The number of benzene rings is 2. The first kappa shape index (κ1) is 19.4. The number of aromatic nitrogens is 4. The third-order valence-corrected chi connectivity index (χ3v) is 5.76. The van der Waals surface area contributed by atoms with Gasteiger partial charge in [-0.2, -0.15) is 4.98 Å². The minimum Gasteiger partial charge on any atom is -0.454 e. The van der Waals surface area contributed by atoms with Gasteiger partial charge in [0.2, 0.25) is 18.5 Å². The van der Waals surface area contributed by atoms with Crippen LogP contribution in [0.1, 0.15) is 11.5 Å². The molecule has 5 rings (SSSR count). The fraction of sp³-hybridized carbons (Fsp3) is 0.182. The Morgan fingerprint density at radius 1 is 1.19 bits per heavy atom. The van der Waals surface area contributed by atoms with Crippen molar-refractivity contribution < 1.29 is 14.0 Å². The van der Waals surface area contributed by atoms with Gasteiger partial charge in [0.05, 0.1) is 16.7 Å². The molecule has 0 bridgehead atoms. The topological polar surface area (TPSA) is 92.3 Å². The van der Waals surface area contributed by atoms with Crippen LogP contribution in [0.3, 0.4) is 0 Å². The van der Waals surface area contributed by atoms with E-state index in [1.165, 1.54) is 11.8 Å². The second-order valence-electron chi connectivity index (χ2n) is 6.99. The van der Waals surface area contributed by atoms with Crippen LogP contribution in [0.4, 0.5) is 0 Å². The van der Waals surface area contributed by atoms with Crippen LogP contribution in [0.5, 0.6) is 11.5 Å². The molecule has 9 heteroatoms. The molecule has 0 spiro atoms. The van der Waals surface area contributed by atoms with E-state index >= 15 is 0 Å². The molecule has 2 aromatic carbocycles. The molecular weight excluding hydrogens is 416 g/mol. The van der Waals surface area contributed by atoms with Gasteiger partial charge in [0, 0.05) is 18.2 Å². The molecule has 3 heterocycles. The van der Waals surface area contributed by atoms with Crippen LogP contribution < -0.4 is 15.0 Å². The average molecular weight is 434 g/mol. The molecule has 0 radical (unpaired) electrons. The first-order valence-corrected chi connectivity index (χ1v) is 10.6. The van der Waals surface area contributed by atoms with Crippen molar-refractivity contribution in [3.05, 3.63) is 70.9 Å². The number of thioether (sulfide) groups is 1. The first-order chi connectivity index (χ1) is 15.1. The Kier molecular flexibility index (Phi) is 4.95.